The molecule has 1 aromatic carbocycles. The highest BCUT2D eigenvalue weighted by atomic mass is 15.4. The Bertz CT molecular complexity index is 1260. The minimum atomic E-state index is 0.723. The van der Waals surface area contributed by atoms with Gasteiger partial charge < -0.3 is 9.80 Å². The second kappa shape index (κ2) is 8.46. The molecule has 168 valence electrons. The minimum absolute atomic E-state index is 0.723. The Morgan fingerprint density at radius 1 is 0.848 bits per heavy atom. The third kappa shape index (κ3) is 3.92. The van der Waals surface area contributed by atoms with E-state index in [1.807, 2.05) is 16.8 Å². The topological polar surface area (TPSA) is 62.5 Å². The van der Waals surface area contributed by atoms with Gasteiger partial charge in [-0.05, 0) is 50.3 Å². The van der Waals surface area contributed by atoms with E-state index in [-0.39, 0.29) is 0 Å². The number of benzene rings is 1. The standard InChI is InChI=1S/C26H29N7/c1-19-9-11-20(12-10-19)18-23-29-26-28-22-7-3-2-6-21(22)25(33(26)30-23)32-16-14-31(15-17-32)24-8-4-5-13-27-24/h4-5,8-13H,2-3,6-7,14-18H2,1H3. The lowest BCUT2D eigenvalue weighted by Gasteiger charge is -2.38. The third-order valence-corrected chi connectivity index (χ3v) is 6.81. The SMILES string of the molecule is Cc1ccc(Cc2nc3nc4c(c(N5CCN(c6ccccn6)CC5)n3n2)CCCC4)cc1. The number of aryl methyl sites for hydroxylation is 2. The van der Waals surface area contributed by atoms with Crippen LogP contribution in [0.1, 0.15) is 41.1 Å². The highest BCUT2D eigenvalue weighted by Crippen LogP contribution is 2.31. The number of fused-ring (bicyclic) bond motifs is 2. The summed E-state index contributed by atoms with van der Waals surface area (Å²) in [6, 6.07) is 14.7. The highest BCUT2D eigenvalue weighted by Gasteiger charge is 2.27. The van der Waals surface area contributed by atoms with Gasteiger partial charge >= 0.3 is 0 Å². The van der Waals surface area contributed by atoms with Crippen molar-refractivity contribution in [3.63, 3.8) is 0 Å². The van der Waals surface area contributed by atoms with Crippen molar-refractivity contribution < 1.29 is 0 Å². The van der Waals surface area contributed by atoms with Gasteiger partial charge in [0.15, 0.2) is 5.82 Å². The van der Waals surface area contributed by atoms with Crippen LogP contribution in [-0.2, 0) is 19.3 Å². The van der Waals surface area contributed by atoms with Crippen LogP contribution in [0.2, 0.25) is 0 Å². The zero-order valence-electron chi connectivity index (χ0n) is 19.1. The van der Waals surface area contributed by atoms with Gasteiger partial charge in [-0.25, -0.2) is 9.97 Å². The summed E-state index contributed by atoms with van der Waals surface area (Å²) < 4.78 is 2.02. The second-order valence-electron chi connectivity index (χ2n) is 9.13. The molecule has 3 aromatic heterocycles. The first-order valence-corrected chi connectivity index (χ1v) is 12.0. The van der Waals surface area contributed by atoms with Crippen molar-refractivity contribution in [1.29, 1.82) is 0 Å². The molecule has 1 aliphatic carbocycles. The fourth-order valence-corrected chi connectivity index (χ4v) is 5.04. The molecule has 7 nitrogen and oxygen atoms in total. The third-order valence-electron chi connectivity index (χ3n) is 6.81. The predicted octanol–water partition coefficient (Wildman–Crippen LogP) is 3.62. The molecule has 1 fully saturated rings. The zero-order chi connectivity index (χ0) is 22.2. The highest BCUT2D eigenvalue weighted by molar-refractivity contribution is 5.57. The van der Waals surface area contributed by atoms with Crippen LogP contribution >= 0.6 is 0 Å². The Balaban J connectivity index is 1.33. The number of anilines is 2. The number of hydrogen-bond donors (Lipinski definition) is 0. The van der Waals surface area contributed by atoms with Gasteiger partial charge in [-0.1, -0.05) is 35.9 Å². The molecule has 0 saturated carbocycles. The maximum absolute atomic E-state index is 4.97. The Hall–Kier alpha value is -3.48. The van der Waals surface area contributed by atoms with Gasteiger partial charge in [-0.15, -0.1) is 5.10 Å². The molecule has 0 N–H and O–H groups in total. The molecule has 0 amide bonds. The van der Waals surface area contributed by atoms with E-state index >= 15 is 0 Å². The summed E-state index contributed by atoms with van der Waals surface area (Å²) in [6.07, 6.45) is 7.12. The van der Waals surface area contributed by atoms with E-state index in [1.54, 1.807) is 0 Å². The van der Waals surface area contributed by atoms with Crippen molar-refractivity contribution in [3.05, 3.63) is 76.9 Å². The van der Waals surface area contributed by atoms with Crippen LogP contribution in [0.3, 0.4) is 0 Å². The van der Waals surface area contributed by atoms with Crippen molar-refractivity contribution in [2.24, 2.45) is 0 Å². The van der Waals surface area contributed by atoms with Crippen LogP contribution in [0.4, 0.5) is 11.6 Å². The second-order valence-corrected chi connectivity index (χ2v) is 9.13. The van der Waals surface area contributed by atoms with E-state index in [0.29, 0.717) is 0 Å². The van der Waals surface area contributed by atoms with Crippen LogP contribution < -0.4 is 9.80 Å². The number of pyridine rings is 1. The molecule has 0 bridgehead atoms. The first-order chi connectivity index (χ1) is 16.2. The summed E-state index contributed by atoms with van der Waals surface area (Å²) in [7, 11) is 0. The van der Waals surface area contributed by atoms with Crippen LogP contribution in [0.25, 0.3) is 5.78 Å². The summed E-state index contributed by atoms with van der Waals surface area (Å²) in [5.74, 6) is 3.83. The van der Waals surface area contributed by atoms with Gasteiger partial charge in [0.1, 0.15) is 11.6 Å². The van der Waals surface area contributed by atoms with Gasteiger partial charge in [0.2, 0.25) is 0 Å². The van der Waals surface area contributed by atoms with E-state index in [2.05, 4.69) is 58.1 Å². The molecular weight excluding hydrogens is 410 g/mol. The largest absolute Gasteiger partial charge is 0.353 e. The molecule has 0 spiro atoms. The summed E-state index contributed by atoms with van der Waals surface area (Å²) >= 11 is 0. The molecule has 0 unspecified atom stereocenters. The van der Waals surface area contributed by atoms with E-state index in [1.165, 1.54) is 41.0 Å². The number of hydrogen-bond acceptors (Lipinski definition) is 6. The molecule has 6 rings (SSSR count). The summed E-state index contributed by atoms with van der Waals surface area (Å²) in [5.41, 5.74) is 5.08. The van der Waals surface area contributed by atoms with Crippen molar-refractivity contribution in [2.75, 3.05) is 36.0 Å². The number of nitrogens with zero attached hydrogens (tertiary/aromatic N) is 7. The van der Waals surface area contributed by atoms with Crippen molar-refractivity contribution in [1.82, 2.24) is 24.6 Å². The Kier molecular flexibility index (Phi) is 5.17. The zero-order valence-corrected chi connectivity index (χ0v) is 19.1. The van der Waals surface area contributed by atoms with Gasteiger partial charge in [0, 0.05) is 44.4 Å². The average Bonchev–Trinajstić information content (AvgIpc) is 3.26. The molecule has 4 aromatic rings. The molecule has 33 heavy (non-hydrogen) atoms. The normalized spacial score (nSPS) is 16.3. The Morgan fingerprint density at radius 2 is 1.64 bits per heavy atom. The van der Waals surface area contributed by atoms with E-state index in [9.17, 15) is 0 Å². The Morgan fingerprint density at radius 3 is 2.42 bits per heavy atom. The van der Waals surface area contributed by atoms with Gasteiger partial charge in [-0.2, -0.15) is 9.50 Å². The van der Waals surface area contributed by atoms with E-state index < -0.39 is 0 Å². The van der Waals surface area contributed by atoms with Crippen molar-refractivity contribution in [2.45, 2.75) is 39.0 Å². The lowest BCUT2D eigenvalue weighted by Crippen LogP contribution is -2.48. The maximum atomic E-state index is 4.97. The smallest absolute Gasteiger partial charge is 0.254 e. The van der Waals surface area contributed by atoms with Crippen molar-refractivity contribution in [3.8, 4) is 0 Å². The van der Waals surface area contributed by atoms with Crippen LogP contribution in [-0.4, -0.2) is 50.7 Å². The molecule has 1 aliphatic heterocycles. The van der Waals surface area contributed by atoms with Crippen LogP contribution in [0.15, 0.2) is 48.7 Å². The quantitative estimate of drug-likeness (QED) is 0.484. The first-order valence-electron chi connectivity index (χ1n) is 12.0. The lowest BCUT2D eigenvalue weighted by atomic mass is 9.96. The van der Waals surface area contributed by atoms with Gasteiger partial charge in [0.05, 0.1) is 5.69 Å². The van der Waals surface area contributed by atoms with Crippen molar-refractivity contribution >= 4 is 17.4 Å². The fourth-order valence-electron chi connectivity index (χ4n) is 5.04. The molecular formula is C26H29N7. The van der Waals surface area contributed by atoms with Crippen LogP contribution in [0.5, 0.6) is 0 Å². The molecule has 1 saturated heterocycles. The summed E-state index contributed by atoms with van der Waals surface area (Å²) in [6.45, 7) is 5.88. The van der Waals surface area contributed by atoms with E-state index in [4.69, 9.17) is 15.1 Å². The minimum Gasteiger partial charge on any atom is -0.353 e. The number of piperazine rings is 1. The molecule has 4 heterocycles. The monoisotopic (exact) mass is 439 g/mol. The predicted molar refractivity (Wildman–Crippen MR) is 130 cm³/mol. The van der Waals surface area contributed by atoms with Gasteiger partial charge in [0.25, 0.3) is 5.78 Å². The number of aromatic nitrogens is 5. The summed E-state index contributed by atoms with van der Waals surface area (Å²) in [5, 5.41) is 4.97. The lowest BCUT2D eigenvalue weighted by molar-refractivity contribution is 0.611. The molecule has 7 heteroatoms. The first kappa shape index (κ1) is 20.1. The number of rotatable bonds is 4. The average molecular weight is 440 g/mol. The maximum Gasteiger partial charge on any atom is 0.254 e. The van der Waals surface area contributed by atoms with Crippen LogP contribution in [0, 0.1) is 6.92 Å². The molecule has 2 aliphatic rings. The summed E-state index contributed by atoms with van der Waals surface area (Å²) in [4.78, 5) is 19.2. The Labute approximate surface area is 194 Å². The molecule has 0 atom stereocenters. The molecule has 0 radical (unpaired) electrons. The van der Waals surface area contributed by atoms with Gasteiger partial charge in [-0.3, -0.25) is 0 Å². The fraction of sp³-hybridized carbons (Fsp3) is 0.385. The van der Waals surface area contributed by atoms with E-state index in [0.717, 1.165) is 62.9 Å².